The summed E-state index contributed by atoms with van der Waals surface area (Å²) in [7, 11) is 0. The molecule has 0 aromatic carbocycles. The number of carbonyl (C=O) groups excluding carboxylic acids is 1. The molecule has 0 bridgehead atoms. The van der Waals surface area contributed by atoms with Gasteiger partial charge in [0.25, 0.3) is 0 Å². The van der Waals surface area contributed by atoms with Gasteiger partial charge in [0, 0.05) is 19.6 Å². The smallest absolute Gasteiger partial charge is 0.224 e. The first-order chi connectivity index (χ1) is 7.26. The summed E-state index contributed by atoms with van der Waals surface area (Å²) >= 11 is 0. The van der Waals surface area contributed by atoms with Crippen LogP contribution in [0.25, 0.3) is 0 Å². The van der Waals surface area contributed by atoms with E-state index in [0.29, 0.717) is 13.0 Å². The third-order valence-corrected chi connectivity index (χ3v) is 2.29. The van der Waals surface area contributed by atoms with Gasteiger partial charge >= 0.3 is 0 Å². The maximum absolute atomic E-state index is 11.3. The molecule has 1 saturated heterocycles. The molecular weight excluding hydrogens is 194 g/mol. The molecule has 1 aliphatic rings. The number of piperidine rings is 1. The Labute approximate surface area is 91.3 Å². The first kappa shape index (κ1) is 12.5. The van der Waals surface area contributed by atoms with Gasteiger partial charge in [0.1, 0.15) is 6.23 Å². The number of hydrogen-bond donors (Lipinski definition) is 1. The average molecular weight is 215 g/mol. The topological polar surface area (TPSA) is 47.6 Å². The molecule has 1 aliphatic heterocycles. The summed E-state index contributed by atoms with van der Waals surface area (Å²) in [6.07, 6.45) is 3.05. The molecule has 1 fully saturated rings. The van der Waals surface area contributed by atoms with E-state index in [1.165, 1.54) is 0 Å². The Balaban J connectivity index is 2.30. The van der Waals surface area contributed by atoms with Gasteiger partial charge in [0.15, 0.2) is 0 Å². The highest BCUT2D eigenvalue weighted by molar-refractivity contribution is 5.77. The molecule has 1 amide bonds. The number of nitrogens with one attached hydrogen (secondary N) is 1. The second kappa shape index (κ2) is 6.80. The lowest BCUT2D eigenvalue weighted by Crippen LogP contribution is -2.46. The van der Waals surface area contributed by atoms with Crippen LogP contribution in [0, 0.1) is 0 Å². The molecule has 1 rings (SSSR count). The molecule has 4 heteroatoms. The van der Waals surface area contributed by atoms with Crippen LogP contribution in [0.3, 0.4) is 0 Å². The molecular formula is C11H21NO3. The van der Waals surface area contributed by atoms with E-state index in [4.69, 9.17) is 9.47 Å². The van der Waals surface area contributed by atoms with Gasteiger partial charge in [-0.2, -0.15) is 0 Å². The van der Waals surface area contributed by atoms with E-state index < -0.39 is 0 Å². The lowest BCUT2D eigenvalue weighted by molar-refractivity contribution is -0.137. The van der Waals surface area contributed by atoms with E-state index in [1.54, 1.807) is 0 Å². The molecule has 4 nitrogen and oxygen atoms in total. The SMILES string of the molecule is CCCOC1CC(=O)NC(OCCC)C1. The summed E-state index contributed by atoms with van der Waals surface area (Å²) in [6, 6.07) is 0. The first-order valence-corrected chi connectivity index (χ1v) is 5.78. The molecule has 1 N–H and O–H groups in total. The molecule has 15 heavy (non-hydrogen) atoms. The second-order valence-corrected chi connectivity index (χ2v) is 3.86. The predicted molar refractivity (Wildman–Crippen MR) is 57.4 cm³/mol. The van der Waals surface area contributed by atoms with E-state index in [2.05, 4.69) is 19.2 Å². The standard InChI is InChI=1S/C11H21NO3/c1-3-5-14-9-7-10(13)12-11(8-9)15-6-4-2/h9,11H,3-8H2,1-2H3,(H,12,13). The van der Waals surface area contributed by atoms with Crippen LogP contribution in [0.5, 0.6) is 0 Å². The Hall–Kier alpha value is -0.610. The summed E-state index contributed by atoms with van der Waals surface area (Å²) in [5.41, 5.74) is 0. The maximum atomic E-state index is 11.3. The number of carbonyl (C=O) groups is 1. The van der Waals surface area contributed by atoms with Gasteiger partial charge in [-0.05, 0) is 12.8 Å². The third-order valence-electron chi connectivity index (χ3n) is 2.29. The fourth-order valence-corrected chi connectivity index (χ4v) is 1.61. The van der Waals surface area contributed by atoms with Crippen LogP contribution in [0.4, 0.5) is 0 Å². The van der Waals surface area contributed by atoms with Crippen molar-refractivity contribution >= 4 is 5.91 Å². The van der Waals surface area contributed by atoms with E-state index >= 15 is 0 Å². The van der Waals surface area contributed by atoms with Gasteiger partial charge in [0.05, 0.1) is 12.5 Å². The van der Waals surface area contributed by atoms with E-state index in [-0.39, 0.29) is 18.2 Å². The van der Waals surface area contributed by atoms with E-state index in [9.17, 15) is 4.79 Å². The monoisotopic (exact) mass is 215 g/mol. The van der Waals surface area contributed by atoms with Crippen molar-refractivity contribution in [3.63, 3.8) is 0 Å². The van der Waals surface area contributed by atoms with Crippen molar-refractivity contribution in [2.24, 2.45) is 0 Å². The Bertz CT molecular complexity index is 178. The Morgan fingerprint density at radius 3 is 2.60 bits per heavy atom. The lowest BCUT2D eigenvalue weighted by Gasteiger charge is -2.29. The zero-order chi connectivity index (χ0) is 11.1. The number of rotatable bonds is 6. The quantitative estimate of drug-likeness (QED) is 0.729. The minimum atomic E-state index is -0.159. The Morgan fingerprint density at radius 1 is 1.27 bits per heavy atom. The normalized spacial score (nSPS) is 26.4. The molecule has 0 radical (unpaired) electrons. The molecule has 0 aliphatic carbocycles. The highest BCUT2D eigenvalue weighted by Crippen LogP contribution is 2.14. The van der Waals surface area contributed by atoms with Crippen LogP contribution in [-0.2, 0) is 14.3 Å². The van der Waals surface area contributed by atoms with Crippen LogP contribution in [-0.4, -0.2) is 31.5 Å². The van der Waals surface area contributed by atoms with Gasteiger partial charge < -0.3 is 14.8 Å². The second-order valence-electron chi connectivity index (χ2n) is 3.86. The van der Waals surface area contributed by atoms with Crippen molar-refractivity contribution in [1.82, 2.24) is 5.32 Å². The van der Waals surface area contributed by atoms with Crippen molar-refractivity contribution in [1.29, 1.82) is 0 Å². The summed E-state index contributed by atoms with van der Waals surface area (Å²) in [5, 5.41) is 2.82. The predicted octanol–water partition coefficient (Wildman–Crippen LogP) is 1.44. The van der Waals surface area contributed by atoms with Crippen molar-refractivity contribution < 1.29 is 14.3 Å². The van der Waals surface area contributed by atoms with Crippen molar-refractivity contribution in [3.8, 4) is 0 Å². The number of amides is 1. The summed E-state index contributed by atoms with van der Waals surface area (Å²) in [5.74, 6) is 0.0310. The molecule has 0 saturated carbocycles. The number of ether oxygens (including phenoxy) is 2. The molecule has 88 valence electrons. The third kappa shape index (κ3) is 4.62. The largest absolute Gasteiger partial charge is 0.378 e. The van der Waals surface area contributed by atoms with Crippen molar-refractivity contribution in [2.45, 2.75) is 51.9 Å². The Morgan fingerprint density at radius 2 is 1.93 bits per heavy atom. The van der Waals surface area contributed by atoms with Crippen molar-refractivity contribution in [2.75, 3.05) is 13.2 Å². The lowest BCUT2D eigenvalue weighted by atomic mass is 10.1. The fourth-order valence-electron chi connectivity index (χ4n) is 1.61. The zero-order valence-corrected chi connectivity index (χ0v) is 9.62. The summed E-state index contributed by atoms with van der Waals surface area (Å²) in [4.78, 5) is 11.3. The molecule has 0 spiro atoms. The average Bonchev–Trinajstić information content (AvgIpc) is 2.23. The highest BCUT2D eigenvalue weighted by Gasteiger charge is 2.27. The molecule has 0 aromatic rings. The van der Waals surface area contributed by atoms with Gasteiger partial charge in [-0.15, -0.1) is 0 Å². The first-order valence-electron chi connectivity index (χ1n) is 5.78. The fraction of sp³-hybridized carbons (Fsp3) is 0.909. The highest BCUT2D eigenvalue weighted by atomic mass is 16.5. The van der Waals surface area contributed by atoms with Crippen LogP contribution in [0.1, 0.15) is 39.5 Å². The molecule has 2 unspecified atom stereocenters. The maximum Gasteiger partial charge on any atom is 0.224 e. The summed E-state index contributed by atoms with van der Waals surface area (Å²) < 4.78 is 11.1. The summed E-state index contributed by atoms with van der Waals surface area (Å²) in [6.45, 7) is 5.52. The Kier molecular flexibility index (Phi) is 5.65. The number of hydrogen-bond acceptors (Lipinski definition) is 3. The van der Waals surface area contributed by atoms with Crippen LogP contribution >= 0.6 is 0 Å². The van der Waals surface area contributed by atoms with Gasteiger partial charge in [-0.3, -0.25) is 4.79 Å². The van der Waals surface area contributed by atoms with Crippen LogP contribution < -0.4 is 5.32 Å². The van der Waals surface area contributed by atoms with E-state index in [1.807, 2.05) is 0 Å². The van der Waals surface area contributed by atoms with E-state index in [0.717, 1.165) is 25.9 Å². The van der Waals surface area contributed by atoms with Crippen LogP contribution in [0.2, 0.25) is 0 Å². The molecule has 1 heterocycles. The van der Waals surface area contributed by atoms with Crippen molar-refractivity contribution in [3.05, 3.63) is 0 Å². The minimum absolute atomic E-state index is 0.0283. The van der Waals surface area contributed by atoms with Gasteiger partial charge in [-0.1, -0.05) is 13.8 Å². The molecule has 2 atom stereocenters. The molecule has 0 aromatic heterocycles. The van der Waals surface area contributed by atoms with Crippen LogP contribution in [0.15, 0.2) is 0 Å². The minimum Gasteiger partial charge on any atom is -0.378 e. The zero-order valence-electron chi connectivity index (χ0n) is 9.62. The van der Waals surface area contributed by atoms with Gasteiger partial charge in [-0.25, -0.2) is 0 Å². The van der Waals surface area contributed by atoms with Gasteiger partial charge in [0.2, 0.25) is 5.91 Å².